The highest BCUT2D eigenvalue weighted by atomic mass is 35.5. The zero-order valence-corrected chi connectivity index (χ0v) is 48.6. The van der Waals surface area contributed by atoms with Crippen molar-refractivity contribution in [1.82, 2.24) is 4.98 Å². The van der Waals surface area contributed by atoms with Gasteiger partial charge in [0.2, 0.25) is 12.6 Å². The number of aromatic nitrogens is 1. The first-order valence-electron chi connectivity index (χ1n) is 27.5. The molecule has 0 spiro atoms. The van der Waals surface area contributed by atoms with E-state index in [0.29, 0.717) is 52.7 Å². The molecule has 0 bridgehead atoms. The maximum atomic E-state index is 16.7. The van der Waals surface area contributed by atoms with Gasteiger partial charge in [-0.1, -0.05) is 229 Å². The van der Waals surface area contributed by atoms with Crippen LogP contribution in [0.15, 0.2) is 242 Å². The number of benzene rings is 8. The largest absolute Gasteiger partial charge is 0.441 e. The van der Waals surface area contributed by atoms with Gasteiger partial charge in [-0.2, -0.15) is 13.2 Å². The number of halogens is 6. The monoisotopic (exact) mass is 1170 g/mol. The van der Waals surface area contributed by atoms with Gasteiger partial charge < -0.3 is 30.0 Å². The van der Waals surface area contributed by atoms with Gasteiger partial charge >= 0.3 is 6.18 Å². The standard InChI is InChI=1S/C35H32ClFN2O2.C28H26F3NO2.C7H8ClN/c1-3-40-34(41-4-2)31-24-30(32(37)33(38-31)25-20-22-29(36)23-21-25)39-35(26-14-8-5-9-15-26,27-16-10-6-11-17-27)28-18-12-7-13-19-28;1-3-33-26(34-4-2)21-20-25(28(29,30)31)32-27(22-14-8-5-9-15-22,23-16-10-6-11-17-23)24-18-12-7-13-19-24;8-7-3-1-6(5-9)2-4-7/h5-24,34H,3-4H2,1-2H3,(H,38,39);5-19,26H,3-4H2,1-2H3;1-4H,5,9H2. The van der Waals surface area contributed by atoms with Gasteiger partial charge in [-0.05, 0) is 109 Å². The zero-order chi connectivity index (χ0) is 59.8. The Balaban J connectivity index is 0.000000212. The van der Waals surface area contributed by atoms with Crippen LogP contribution < -0.4 is 11.1 Å². The molecule has 432 valence electrons. The first-order valence-corrected chi connectivity index (χ1v) is 28.2. The Kier molecular flexibility index (Phi) is 24.0. The first-order chi connectivity index (χ1) is 40.8. The van der Waals surface area contributed by atoms with Gasteiger partial charge in [0.1, 0.15) is 16.8 Å². The van der Waals surface area contributed by atoms with Crippen molar-refractivity contribution < 1.29 is 36.5 Å². The van der Waals surface area contributed by atoms with Crippen molar-refractivity contribution in [2.24, 2.45) is 10.7 Å². The molecule has 84 heavy (non-hydrogen) atoms. The Morgan fingerprint density at radius 2 is 0.905 bits per heavy atom. The van der Waals surface area contributed by atoms with Crippen LogP contribution in [0.1, 0.15) is 78.6 Å². The van der Waals surface area contributed by atoms with Crippen LogP contribution in [0.2, 0.25) is 10.0 Å². The van der Waals surface area contributed by atoms with Gasteiger partial charge in [0.25, 0.3) is 0 Å². The Hall–Kier alpha value is -7.96. The first kappa shape index (κ1) is 63.6. The minimum Gasteiger partial charge on any atom is -0.365 e. The molecule has 8 nitrogen and oxygen atoms in total. The van der Waals surface area contributed by atoms with Gasteiger partial charge in [-0.15, -0.1) is 0 Å². The van der Waals surface area contributed by atoms with Gasteiger partial charge in [0.15, 0.2) is 11.5 Å². The molecule has 0 atom stereocenters. The Morgan fingerprint density at radius 3 is 1.26 bits per heavy atom. The van der Waals surface area contributed by atoms with E-state index in [2.05, 4.69) is 58.5 Å². The van der Waals surface area contributed by atoms with Crippen LogP contribution in [0.5, 0.6) is 0 Å². The van der Waals surface area contributed by atoms with Crippen molar-refractivity contribution in [1.29, 1.82) is 0 Å². The molecule has 14 heteroatoms. The van der Waals surface area contributed by atoms with Crippen molar-refractivity contribution in [3.8, 4) is 23.1 Å². The summed E-state index contributed by atoms with van der Waals surface area (Å²) in [5.74, 6) is 4.19. The third-order valence-corrected chi connectivity index (χ3v) is 13.6. The molecule has 1 aromatic heterocycles. The fraction of sp³-hybridized carbons (Fsp3) is 0.200. The van der Waals surface area contributed by atoms with Crippen molar-refractivity contribution >= 4 is 34.6 Å². The number of rotatable bonds is 20. The summed E-state index contributed by atoms with van der Waals surface area (Å²) in [6, 6.07) is 73.1. The van der Waals surface area contributed by atoms with Crippen LogP contribution in [0.3, 0.4) is 0 Å². The van der Waals surface area contributed by atoms with E-state index < -0.39 is 41.4 Å². The van der Waals surface area contributed by atoms with E-state index in [1.807, 2.05) is 111 Å². The van der Waals surface area contributed by atoms with Crippen LogP contribution in [0.4, 0.5) is 23.2 Å². The molecular formula is C70H66Cl2F4N4O4. The summed E-state index contributed by atoms with van der Waals surface area (Å²) in [6.45, 7) is 9.11. The number of pyridine rings is 1. The van der Waals surface area contributed by atoms with Crippen LogP contribution in [-0.4, -0.2) is 49.6 Å². The minimum atomic E-state index is -4.79. The summed E-state index contributed by atoms with van der Waals surface area (Å²) in [7, 11) is 0. The van der Waals surface area contributed by atoms with Gasteiger partial charge in [0, 0.05) is 48.6 Å². The fourth-order valence-electron chi connectivity index (χ4n) is 9.31. The lowest BCUT2D eigenvalue weighted by atomic mass is 9.76. The maximum Gasteiger partial charge on any atom is 0.441 e. The predicted octanol–water partition coefficient (Wildman–Crippen LogP) is 17.2. The number of alkyl halides is 3. The summed E-state index contributed by atoms with van der Waals surface area (Å²) >= 11 is 11.8. The van der Waals surface area contributed by atoms with Crippen molar-refractivity contribution in [2.45, 2.75) is 64.1 Å². The van der Waals surface area contributed by atoms with E-state index in [1.165, 1.54) is 0 Å². The van der Waals surface area contributed by atoms with Crippen LogP contribution in [-0.2, 0) is 36.6 Å². The second kappa shape index (κ2) is 31.6. The quantitative estimate of drug-likeness (QED) is 0.0258. The van der Waals surface area contributed by atoms with E-state index in [9.17, 15) is 13.2 Å². The molecule has 3 N–H and O–H groups in total. The van der Waals surface area contributed by atoms with Gasteiger partial charge in [-0.25, -0.2) is 9.37 Å². The third-order valence-electron chi connectivity index (χ3n) is 13.1. The summed E-state index contributed by atoms with van der Waals surface area (Å²) in [6.07, 6.45) is -6.64. The predicted molar refractivity (Wildman–Crippen MR) is 330 cm³/mol. The topological polar surface area (TPSA) is 100 Å². The zero-order valence-electron chi connectivity index (χ0n) is 47.1. The molecular weight excluding hydrogens is 1110 g/mol. The highest BCUT2D eigenvalue weighted by molar-refractivity contribution is 6.30. The van der Waals surface area contributed by atoms with Crippen molar-refractivity contribution in [2.75, 3.05) is 31.7 Å². The molecule has 9 rings (SSSR count). The second-order valence-corrected chi connectivity index (χ2v) is 19.5. The minimum absolute atomic E-state index is 0.175. The number of anilines is 1. The smallest absolute Gasteiger partial charge is 0.365 e. The number of nitrogens with two attached hydrogens (primary N) is 1. The molecule has 1 heterocycles. The van der Waals surface area contributed by atoms with Crippen molar-refractivity contribution in [3.63, 3.8) is 0 Å². The average Bonchev–Trinajstić information content (AvgIpc) is 1.33. The molecule has 0 saturated carbocycles. The molecule has 0 fully saturated rings. The summed E-state index contributed by atoms with van der Waals surface area (Å²) in [5, 5.41) is 4.97. The normalized spacial score (nSPS) is 11.7. The number of nitrogens with zero attached hydrogens (tertiary/aromatic N) is 2. The van der Waals surface area contributed by atoms with E-state index in [0.717, 1.165) is 27.3 Å². The fourth-order valence-corrected chi connectivity index (χ4v) is 9.56. The molecule has 0 amide bonds. The van der Waals surface area contributed by atoms with Crippen LogP contribution in [0.25, 0.3) is 11.3 Å². The summed E-state index contributed by atoms with van der Waals surface area (Å²) in [5.41, 5.74) is 8.95. The highest BCUT2D eigenvalue weighted by Crippen LogP contribution is 2.44. The number of nitrogens with one attached hydrogen (secondary N) is 1. The lowest BCUT2D eigenvalue weighted by molar-refractivity contribution is -0.142. The molecule has 0 aliphatic carbocycles. The molecule has 9 aromatic rings. The third kappa shape index (κ3) is 16.4. The maximum absolute atomic E-state index is 16.7. The number of ether oxygens (including phenoxy) is 4. The Morgan fingerprint density at radius 1 is 0.536 bits per heavy atom. The SMILES string of the molecule is CCOC(C#CC(=NC(c1ccccc1)(c1ccccc1)c1ccccc1)C(F)(F)F)OCC.CCOC(OCC)c1cc(NC(c2ccccc2)(c2ccccc2)c2ccccc2)c(F)c(-c2ccc(Cl)cc2)n1.NCc1ccc(Cl)cc1. The molecule has 0 saturated heterocycles. The van der Waals surface area contributed by atoms with E-state index in [-0.39, 0.29) is 24.6 Å². The van der Waals surface area contributed by atoms with Gasteiger partial charge in [-0.3, -0.25) is 4.99 Å². The molecule has 0 aliphatic heterocycles. The van der Waals surface area contributed by atoms with E-state index >= 15 is 4.39 Å². The van der Waals surface area contributed by atoms with Crippen molar-refractivity contribution in [3.05, 3.63) is 297 Å². The molecule has 0 radical (unpaired) electrons. The van der Waals surface area contributed by atoms with Gasteiger partial charge in [0.05, 0.1) is 11.4 Å². The number of aliphatic imine (C=N–C) groups is 1. The number of hydrogen-bond donors (Lipinski definition) is 2. The van der Waals surface area contributed by atoms with E-state index in [1.54, 1.807) is 117 Å². The summed E-state index contributed by atoms with van der Waals surface area (Å²) in [4.78, 5) is 9.10. The molecule has 0 aliphatic rings. The average molecular weight is 1170 g/mol. The van der Waals surface area contributed by atoms with Crippen LogP contribution in [0, 0.1) is 17.7 Å². The Bertz CT molecular complexity index is 3280. The lowest BCUT2D eigenvalue weighted by Gasteiger charge is -2.38. The lowest BCUT2D eigenvalue weighted by Crippen LogP contribution is -2.38. The molecule has 0 unspecified atom stereocenters. The highest BCUT2D eigenvalue weighted by Gasteiger charge is 2.43. The number of hydrogen-bond acceptors (Lipinski definition) is 8. The second-order valence-electron chi connectivity index (χ2n) is 18.6. The van der Waals surface area contributed by atoms with Crippen LogP contribution >= 0.6 is 23.2 Å². The summed E-state index contributed by atoms with van der Waals surface area (Å²) < 4.78 is 82.1. The Labute approximate surface area is 500 Å². The molecule has 8 aromatic carbocycles. The van der Waals surface area contributed by atoms with E-state index in [4.69, 9.17) is 52.9 Å².